The molecular weight excluding hydrogens is 564 g/mol. The average molecular weight is 594 g/mol. The summed E-state index contributed by atoms with van der Waals surface area (Å²) >= 11 is 0.972. The van der Waals surface area contributed by atoms with Gasteiger partial charge < -0.3 is 0 Å². The maximum absolute atomic E-state index is 7.61. The normalized spacial score (nSPS) is 24.6. The van der Waals surface area contributed by atoms with E-state index in [-0.39, 0.29) is 25.5 Å². The second kappa shape index (κ2) is 12.4. The van der Waals surface area contributed by atoms with Crippen molar-refractivity contribution in [2.24, 2.45) is 0 Å². The predicted octanol–water partition coefficient (Wildman–Crippen LogP) is 7.17. The molecule has 0 aromatic carbocycles. The number of rotatable bonds is 10. The van der Waals surface area contributed by atoms with E-state index < -0.39 is 27.4 Å². The fourth-order valence-corrected chi connectivity index (χ4v) is 662. The molecule has 0 radical (unpaired) electrons. The van der Waals surface area contributed by atoms with Crippen LogP contribution in [-0.2, 0) is 65.6 Å². The summed E-state index contributed by atoms with van der Waals surface area (Å²) < 4.78 is 3.27. The molecule has 0 spiro atoms. The van der Waals surface area contributed by atoms with Gasteiger partial charge in [-0.15, -0.1) is 0 Å². The SMILES string of the molecule is CCCC[PH][Ti]1[Ti][Ti]([CH2]C)([CH2]C)[Ti][Ti]([Cl])([Cl])([PH]CCCC)[Ti]1. The molecule has 22 heavy (non-hydrogen) atoms. The molecule has 0 amide bonds. The van der Waals surface area contributed by atoms with Gasteiger partial charge in [0.15, 0.2) is 0 Å². The van der Waals surface area contributed by atoms with Crippen molar-refractivity contribution in [2.45, 2.75) is 62.8 Å². The van der Waals surface area contributed by atoms with Gasteiger partial charge in [0.2, 0.25) is 0 Å². The Kier molecular flexibility index (Phi) is 14.6. The quantitative estimate of drug-likeness (QED) is 0.143. The Morgan fingerprint density at radius 2 is 1.59 bits per heavy atom. The van der Waals surface area contributed by atoms with Gasteiger partial charge in [0.1, 0.15) is 0 Å². The van der Waals surface area contributed by atoms with Gasteiger partial charge in [-0.05, 0) is 0 Å². The first kappa shape index (κ1) is 25.8. The molecule has 2 unspecified atom stereocenters. The monoisotopic (exact) mass is 594 g/mol. The van der Waals surface area contributed by atoms with Crippen molar-refractivity contribution < 1.29 is 65.6 Å². The summed E-state index contributed by atoms with van der Waals surface area (Å²) in [5.41, 5.74) is 0. The van der Waals surface area contributed by atoms with Gasteiger partial charge in [-0.3, -0.25) is 0 Å². The van der Waals surface area contributed by atoms with Gasteiger partial charge in [0, 0.05) is 0 Å². The maximum atomic E-state index is 7.61. The van der Waals surface area contributed by atoms with E-state index in [9.17, 15) is 0 Å². The van der Waals surface area contributed by atoms with Crippen LogP contribution in [0.2, 0.25) is 9.45 Å². The molecule has 0 aromatic heterocycles. The Morgan fingerprint density at radius 1 is 1.00 bits per heavy atom. The molecular formula is C12H30Cl2P2Ti6. The Hall–Kier alpha value is 5.73. The summed E-state index contributed by atoms with van der Waals surface area (Å²) in [6.45, 7) is 12.3. The van der Waals surface area contributed by atoms with Crippen LogP contribution in [0.15, 0.2) is 0 Å². The molecule has 0 saturated carbocycles. The minimum atomic E-state index is -2.81. The zero-order valence-electron chi connectivity index (χ0n) is 14.4. The Labute approximate surface area is 168 Å². The molecule has 0 aliphatic carbocycles. The summed E-state index contributed by atoms with van der Waals surface area (Å²) in [5, 5.41) is 0. The standard InChI is InChI=1S/2C4H10P.2C2H5.2ClH.6Ti/c2*1-2-3-4-5;2*1-2;;;;;;;;/h2*5H,2-4H2,1H3;2*1H2,2H3;2*1H;;;;;;/q2*-1;;;;;;;;;+1;+3/p-2. The van der Waals surface area contributed by atoms with Gasteiger partial charge in [0.05, 0.1) is 0 Å². The van der Waals surface area contributed by atoms with Crippen LogP contribution in [0.5, 0.6) is 0 Å². The molecule has 1 aliphatic heterocycles. The summed E-state index contributed by atoms with van der Waals surface area (Å²) in [7, 11) is 13.2. The van der Waals surface area contributed by atoms with Crippen LogP contribution in [0.1, 0.15) is 53.4 Å². The molecule has 0 N–H and O–H groups in total. The van der Waals surface area contributed by atoms with Crippen molar-refractivity contribution in [1.82, 2.24) is 0 Å². The van der Waals surface area contributed by atoms with E-state index in [1.807, 2.05) is 0 Å². The van der Waals surface area contributed by atoms with E-state index in [0.29, 0.717) is 12.7 Å². The van der Waals surface area contributed by atoms with Gasteiger partial charge in [-0.25, -0.2) is 0 Å². The van der Waals surface area contributed by atoms with Crippen molar-refractivity contribution in [2.75, 3.05) is 12.3 Å². The van der Waals surface area contributed by atoms with Crippen LogP contribution in [0.25, 0.3) is 0 Å². The molecule has 126 valence electrons. The summed E-state index contributed by atoms with van der Waals surface area (Å²) in [5.74, 6) is 0. The van der Waals surface area contributed by atoms with E-state index in [1.165, 1.54) is 38.4 Å². The molecule has 10 heteroatoms. The first-order valence-corrected chi connectivity index (χ1v) is 46.2. The van der Waals surface area contributed by atoms with Crippen LogP contribution in [-0.4, -0.2) is 12.3 Å². The Balaban J connectivity index is 2.85. The number of halogens is 2. The van der Waals surface area contributed by atoms with Gasteiger partial charge >= 0.3 is 173 Å². The zero-order chi connectivity index (χ0) is 16.7. The van der Waals surface area contributed by atoms with Gasteiger partial charge in [0.25, 0.3) is 0 Å². The molecule has 0 bridgehead atoms. The molecule has 1 heterocycles. The summed E-state index contributed by atoms with van der Waals surface area (Å²) in [6, 6.07) is 0. The van der Waals surface area contributed by atoms with Gasteiger partial charge in [-0.2, -0.15) is 0 Å². The average Bonchev–Trinajstić information content (AvgIpc) is 2.46. The van der Waals surface area contributed by atoms with Crippen molar-refractivity contribution in [1.29, 1.82) is 0 Å². The van der Waals surface area contributed by atoms with Crippen molar-refractivity contribution >= 4 is 31.8 Å². The predicted molar refractivity (Wildman–Crippen MR) is 88.8 cm³/mol. The molecule has 2 atom stereocenters. The number of hydrogen-bond acceptors (Lipinski definition) is 0. The third kappa shape index (κ3) is 9.03. The molecule has 1 fully saturated rings. The van der Waals surface area contributed by atoms with E-state index in [1.54, 1.807) is 15.6 Å². The summed E-state index contributed by atoms with van der Waals surface area (Å²) in [6.07, 6.45) is 5.82. The van der Waals surface area contributed by atoms with Crippen molar-refractivity contribution in [3.63, 3.8) is 0 Å². The molecule has 1 saturated heterocycles. The first-order chi connectivity index (χ1) is 10.3. The molecule has 1 aliphatic rings. The van der Waals surface area contributed by atoms with Crippen LogP contribution in [0.3, 0.4) is 0 Å². The van der Waals surface area contributed by atoms with E-state index in [0.717, 1.165) is 6.57 Å². The number of unbranched alkanes of at least 4 members (excludes halogenated alkanes) is 2. The second-order valence-corrected chi connectivity index (χ2v) is 131. The Bertz CT molecular complexity index is 344. The second-order valence-electron chi connectivity index (χ2n) is 6.11. The molecule has 1 rings (SSSR count). The van der Waals surface area contributed by atoms with E-state index in [2.05, 4.69) is 27.7 Å². The number of hydrogen-bond donors (Lipinski definition) is 0. The topological polar surface area (TPSA) is 0 Å². The molecule has 0 nitrogen and oxygen atoms in total. The Morgan fingerprint density at radius 3 is 2.14 bits per heavy atom. The van der Waals surface area contributed by atoms with Crippen molar-refractivity contribution in [3.05, 3.63) is 0 Å². The van der Waals surface area contributed by atoms with Crippen LogP contribution in [0, 0.1) is 0 Å². The van der Waals surface area contributed by atoms with Gasteiger partial charge in [-0.1, -0.05) is 0 Å². The van der Waals surface area contributed by atoms with Crippen molar-refractivity contribution in [3.8, 4) is 0 Å². The summed E-state index contributed by atoms with van der Waals surface area (Å²) in [4.78, 5) is 0. The fourth-order valence-electron chi connectivity index (χ4n) is 2.63. The van der Waals surface area contributed by atoms with Crippen LogP contribution < -0.4 is 0 Å². The van der Waals surface area contributed by atoms with Crippen LogP contribution >= 0.6 is 31.8 Å². The first-order valence-electron chi connectivity index (χ1n) is 8.62. The van der Waals surface area contributed by atoms with E-state index >= 15 is 0 Å². The fraction of sp³-hybridized carbons (Fsp3) is 1.00. The zero-order valence-corrected chi connectivity index (χ0v) is 27.3. The minimum absolute atomic E-state index is 0.180. The third-order valence-corrected chi connectivity index (χ3v) is 267. The third-order valence-electron chi connectivity index (χ3n) is 4.17. The molecule has 0 aromatic rings. The van der Waals surface area contributed by atoms with E-state index in [4.69, 9.17) is 18.6 Å². The van der Waals surface area contributed by atoms with Crippen LogP contribution in [0.4, 0.5) is 0 Å².